The fraction of sp³-hybridized carbons (Fsp3) is 0.833. The molecule has 0 aromatic carbocycles. The SMILES string of the molecule is CCNCC(=O)NC1CCN(C(=O)COC)CC1. The fourth-order valence-electron chi connectivity index (χ4n) is 2.01. The van der Waals surface area contributed by atoms with Crippen LogP contribution < -0.4 is 10.6 Å². The van der Waals surface area contributed by atoms with E-state index in [0.29, 0.717) is 19.6 Å². The van der Waals surface area contributed by atoms with Crippen LogP contribution in [0.5, 0.6) is 0 Å². The second-order valence-corrected chi connectivity index (χ2v) is 4.44. The number of piperidine rings is 1. The summed E-state index contributed by atoms with van der Waals surface area (Å²) in [5.41, 5.74) is 0. The van der Waals surface area contributed by atoms with E-state index in [4.69, 9.17) is 4.74 Å². The average Bonchev–Trinajstić information content (AvgIpc) is 2.37. The largest absolute Gasteiger partial charge is 0.375 e. The smallest absolute Gasteiger partial charge is 0.248 e. The lowest BCUT2D eigenvalue weighted by Gasteiger charge is -2.32. The third-order valence-electron chi connectivity index (χ3n) is 3.02. The molecule has 18 heavy (non-hydrogen) atoms. The van der Waals surface area contributed by atoms with Crippen LogP contribution in [0.2, 0.25) is 0 Å². The van der Waals surface area contributed by atoms with Crippen LogP contribution in [0.15, 0.2) is 0 Å². The number of rotatable bonds is 6. The summed E-state index contributed by atoms with van der Waals surface area (Å²) in [6.45, 7) is 4.63. The molecule has 6 heteroatoms. The predicted molar refractivity (Wildman–Crippen MR) is 68.2 cm³/mol. The Balaban J connectivity index is 2.22. The molecule has 0 bridgehead atoms. The maximum Gasteiger partial charge on any atom is 0.248 e. The Hall–Kier alpha value is -1.14. The van der Waals surface area contributed by atoms with E-state index in [-0.39, 0.29) is 24.5 Å². The molecule has 2 amide bonds. The van der Waals surface area contributed by atoms with Crippen LogP contribution in [-0.2, 0) is 14.3 Å². The zero-order valence-corrected chi connectivity index (χ0v) is 11.2. The highest BCUT2D eigenvalue weighted by atomic mass is 16.5. The first-order valence-corrected chi connectivity index (χ1v) is 6.44. The summed E-state index contributed by atoms with van der Waals surface area (Å²) in [4.78, 5) is 24.9. The minimum absolute atomic E-state index is 0.0231. The third kappa shape index (κ3) is 5.01. The van der Waals surface area contributed by atoms with Crippen LogP contribution in [0, 0.1) is 0 Å². The van der Waals surface area contributed by atoms with Gasteiger partial charge in [0.05, 0.1) is 6.54 Å². The maximum absolute atomic E-state index is 11.6. The summed E-state index contributed by atoms with van der Waals surface area (Å²) >= 11 is 0. The van der Waals surface area contributed by atoms with Crippen molar-refractivity contribution < 1.29 is 14.3 Å². The normalized spacial score (nSPS) is 16.7. The van der Waals surface area contributed by atoms with Crippen molar-refractivity contribution in [2.45, 2.75) is 25.8 Å². The highest BCUT2D eigenvalue weighted by Gasteiger charge is 2.23. The molecule has 1 rings (SSSR count). The van der Waals surface area contributed by atoms with Gasteiger partial charge in [0.25, 0.3) is 0 Å². The van der Waals surface area contributed by atoms with E-state index in [0.717, 1.165) is 19.4 Å². The Kier molecular flexibility index (Phi) is 6.67. The number of ether oxygens (including phenoxy) is 1. The van der Waals surface area contributed by atoms with E-state index >= 15 is 0 Å². The number of methoxy groups -OCH3 is 1. The molecule has 0 radical (unpaired) electrons. The first kappa shape index (κ1) is 14.9. The van der Waals surface area contributed by atoms with Crippen LogP contribution in [-0.4, -0.2) is 62.7 Å². The molecule has 2 N–H and O–H groups in total. The second-order valence-electron chi connectivity index (χ2n) is 4.44. The Morgan fingerprint density at radius 2 is 2.00 bits per heavy atom. The van der Waals surface area contributed by atoms with Gasteiger partial charge < -0.3 is 20.3 Å². The van der Waals surface area contributed by atoms with Crippen LogP contribution in [0.3, 0.4) is 0 Å². The van der Waals surface area contributed by atoms with Gasteiger partial charge in [0.15, 0.2) is 0 Å². The van der Waals surface area contributed by atoms with Gasteiger partial charge >= 0.3 is 0 Å². The summed E-state index contributed by atoms with van der Waals surface area (Å²) < 4.78 is 4.82. The molecule has 0 unspecified atom stereocenters. The number of hydrogen-bond donors (Lipinski definition) is 2. The van der Waals surface area contributed by atoms with Crippen LogP contribution in [0.4, 0.5) is 0 Å². The highest BCUT2D eigenvalue weighted by Crippen LogP contribution is 2.10. The number of nitrogens with one attached hydrogen (secondary N) is 2. The number of amides is 2. The number of likely N-dealkylation sites (N-methyl/N-ethyl adjacent to an activating group) is 1. The Morgan fingerprint density at radius 1 is 1.33 bits per heavy atom. The summed E-state index contributed by atoms with van der Waals surface area (Å²) in [5, 5.41) is 5.96. The molecule has 1 saturated heterocycles. The number of nitrogens with zero attached hydrogens (tertiary/aromatic N) is 1. The molecule has 1 aliphatic heterocycles. The minimum atomic E-state index is 0.0231. The highest BCUT2D eigenvalue weighted by molar-refractivity contribution is 5.79. The van der Waals surface area contributed by atoms with Crippen LogP contribution in [0.25, 0.3) is 0 Å². The quantitative estimate of drug-likeness (QED) is 0.663. The zero-order chi connectivity index (χ0) is 13.4. The predicted octanol–water partition coefficient (Wildman–Crippen LogP) is -0.650. The summed E-state index contributed by atoms with van der Waals surface area (Å²) in [6.07, 6.45) is 1.63. The standard InChI is InChI=1S/C12H23N3O3/c1-3-13-8-11(16)14-10-4-6-15(7-5-10)12(17)9-18-2/h10,13H,3-9H2,1-2H3,(H,14,16). The molecule has 0 aromatic rings. The first-order valence-electron chi connectivity index (χ1n) is 6.44. The molecule has 1 aliphatic rings. The lowest BCUT2D eigenvalue weighted by atomic mass is 10.0. The van der Waals surface area contributed by atoms with Gasteiger partial charge in [-0.15, -0.1) is 0 Å². The van der Waals surface area contributed by atoms with Gasteiger partial charge in [-0.1, -0.05) is 6.92 Å². The van der Waals surface area contributed by atoms with Gasteiger partial charge in [-0.25, -0.2) is 0 Å². The van der Waals surface area contributed by atoms with Gasteiger partial charge in [-0.3, -0.25) is 9.59 Å². The monoisotopic (exact) mass is 257 g/mol. The molecule has 0 aromatic heterocycles. The number of carbonyl (C=O) groups excluding carboxylic acids is 2. The Morgan fingerprint density at radius 3 is 2.56 bits per heavy atom. The first-order chi connectivity index (χ1) is 8.67. The van der Waals surface area contributed by atoms with Crippen molar-refractivity contribution in [2.75, 3.05) is 39.9 Å². The van der Waals surface area contributed by atoms with E-state index in [1.807, 2.05) is 6.92 Å². The van der Waals surface area contributed by atoms with E-state index in [1.165, 1.54) is 7.11 Å². The molecule has 0 aliphatic carbocycles. The van der Waals surface area contributed by atoms with Gasteiger partial charge in [-0.05, 0) is 19.4 Å². The Bertz CT molecular complexity index is 276. The molecule has 6 nitrogen and oxygen atoms in total. The molecular weight excluding hydrogens is 234 g/mol. The van der Waals surface area contributed by atoms with Crippen molar-refractivity contribution >= 4 is 11.8 Å². The van der Waals surface area contributed by atoms with Crippen molar-refractivity contribution in [3.05, 3.63) is 0 Å². The molecule has 0 spiro atoms. The van der Waals surface area contributed by atoms with E-state index in [1.54, 1.807) is 4.90 Å². The van der Waals surface area contributed by atoms with Crippen molar-refractivity contribution in [3.8, 4) is 0 Å². The lowest BCUT2D eigenvalue weighted by molar-refractivity contribution is -0.136. The summed E-state index contributed by atoms with van der Waals surface area (Å²) in [6, 6.07) is 0.183. The third-order valence-corrected chi connectivity index (χ3v) is 3.02. The Labute approximate surface area is 108 Å². The van der Waals surface area contributed by atoms with Gasteiger partial charge in [0.2, 0.25) is 11.8 Å². The average molecular weight is 257 g/mol. The van der Waals surface area contributed by atoms with Crippen molar-refractivity contribution in [3.63, 3.8) is 0 Å². The molecule has 0 atom stereocenters. The molecule has 1 fully saturated rings. The molecule has 104 valence electrons. The minimum Gasteiger partial charge on any atom is -0.375 e. The molecular formula is C12H23N3O3. The van der Waals surface area contributed by atoms with Gasteiger partial charge in [-0.2, -0.15) is 0 Å². The van der Waals surface area contributed by atoms with Crippen LogP contribution >= 0.6 is 0 Å². The number of carbonyl (C=O) groups is 2. The fourth-order valence-corrected chi connectivity index (χ4v) is 2.01. The lowest BCUT2D eigenvalue weighted by Crippen LogP contribution is -2.48. The summed E-state index contributed by atoms with van der Waals surface area (Å²) in [7, 11) is 1.52. The van der Waals surface area contributed by atoms with Gasteiger partial charge in [0, 0.05) is 26.2 Å². The van der Waals surface area contributed by atoms with Crippen molar-refractivity contribution in [1.29, 1.82) is 0 Å². The molecule has 1 heterocycles. The van der Waals surface area contributed by atoms with Crippen molar-refractivity contribution in [2.24, 2.45) is 0 Å². The number of likely N-dealkylation sites (tertiary alicyclic amines) is 1. The maximum atomic E-state index is 11.6. The van der Waals surface area contributed by atoms with Crippen LogP contribution in [0.1, 0.15) is 19.8 Å². The van der Waals surface area contributed by atoms with Crippen molar-refractivity contribution in [1.82, 2.24) is 15.5 Å². The summed E-state index contributed by atoms with van der Waals surface area (Å²) in [5.74, 6) is 0.0495. The zero-order valence-electron chi connectivity index (χ0n) is 11.2. The van der Waals surface area contributed by atoms with Gasteiger partial charge in [0.1, 0.15) is 6.61 Å². The van der Waals surface area contributed by atoms with E-state index in [2.05, 4.69) is 10.6 Å². The van der Waals surface area contributed by atoms with E-state index < -0.39 is 0 Å². The molecule has 0 saturated carbocycles. The second kappa shape index (κ2) is 8.05. The number of hydrogen-bond acceptors (Lipinski definition) is 4. The van der Waals surface area contributed by atoms with E-state index in [9.17, 15) is 9.59 Å². The topological polar surface area (TPSA) is 70.7 Å².